The summed E-state index contributed by atoms with van der Waals surface area (Å²) in [5.41, 5.74) is 4.37. The van der Waals surface area contributed by atoms with Gasteiger partial charge in [-0.3, -0.25) is 15.1 Å². The van der Waals surface area contributed by atoms with E-state index in [-0.39, 0.29) is 23.5 Å². The summed E-state index contributed by atoms with van der Waals surface area (Å²) in [5.74, 6) is -0.0444. The molecule has 11 nitrogen and oxygen atoms in total. The molecular weight excluding hydrogens is 552 g/mol. The first kappa shape index (κ1) is 27.8. The van der Waals surface area contributed by atoms with Crippen molar-refractivity contribution in [1.82, 2.24) is 44.3 Å². The van der Waals surface area contributed by atoms with E-state index in [0.29, 0.717) is 43.9 Å². The molecule has 0 spiro atoms. The molecule has 1 saturated heterocycles. The van der Waals surface area contributed by atoms with Crippen molar-refractivity contribution >= 4 is 28.7 Å². The van der Waals surface area contributed by atoms with Crippen molar-refractivity contribution in [2.45, 2.75) is 37.4 Å². The predicted octanol–water partition coefficient (Wildman–Crippen LogP) is 3.37. The molecule has 0 radical (unpaired) electrons. The largest absolute Gasteiger partial charge is 0.340 e. The topological polar surface area (TPSA) is 125 Å². The van der Waals surface area contributed by atoms with Crippen LogP contribution in [0.25, 0.3) is 11.2 Å². The quantitative estimate of drug-likeness (QED) is 0.269. The number of H-pyrrole nitrogens is 1. The van der Waals surface area contributed by atoms with E-state index in [9.17, 15) is 4.79 Å². The minimum atomic E-state index is -0.930. The smallest absolute Gasteiger partial charge is 0.243 e. The second-order valence-corrected chi connectivity index (χ2v) is 12.0. The summed E-state index contributed by atoms with van der Waals surface area (Å²) in [6.07, 6.45) is 5.15. The summed E-state index contributed by atoms with van der Waals surface area (Å²) >= 11 is 6.37. The van der Waals surface area contributed by atoms with Gasteiger partial charge in [0.05, 0.1) is 37.5 Å². The van der Waals surface area contributed by atoms with Gasteiger partial charge in [-0.25, -0.2) is 14.6 Å². The van der Waals surface area contributed by atoms with Gasteiger partial charge in [0.2, 0.25) is 5.91 Å². The Morgan fingerprint density at radius 1 is 0.976 bits per heavy atom. The van der Waals surface area contributed by atoms with E-state index in [0.717, 1.165) is 16.8 Å². The third-order valence-electron chi connectivity index (χ3n) is 7.71. The third kappa shape index (κ3) is 5.57. The molecule has 216 valence electrons. The van der Waals surface area contributed by atoms with Crippen molar-refractivity contribution in [3.63, 3.8) is 0 Å². The molecule has 2 N–H and O–H groups in total. The summed E-state index contributed by atoms with van der Waals surface area (Å²) in [6.45, 7) is 6.48. The van der Waals surface area contributed by atoms with Gasteiger partial charge in [0, 0.05) is 26.2 Å². The van der Waals surface area contributed by atoms with E-state index in [4.69, 9.17) is 17.0 Å². The Balaban J connectivity index is 1.36. The highest BCUT2D eigenvalue weighted by atomic mass is 35.5. The van der Waals surface area contributed by atoms with Gasteiger partial charge in [-0.1, -0.05) is 65.9 Å². The maximum absolute atomic E-state index is 12.9. The number of benzene rings is 2. The molecule has 0 bridgehead atoms. The average Bonchev–Trinajstić information content (AvgIpc) is 3.68. The molecule has 12 heteroatoms. The zero-order valence-electron chi connectivity index (χ0n) is 23.6. The van der Waals surface area contributed by atoms with Gasteiger partial charge in [-0.15, -0.1) is 16.7 Å². The fraction of sp³-hybridized carbons (Fsp3) is 0.333. The number of aromatic nitrogens is 7. The third-order valence-corrected chi connectivity index (χ3v) is 7.88. The van der Waals surface area contributed by atoms with E-state index in [1.807, 2.05) is 44.6 Å². The molecule has 1 fully saturated rings. The Morgan fingerprint density at radius 2 is 1.62 bits per heavy atom. The molecule has 2 atom stereocenters. The van der Waals surface area contributed by atoms with Crippen LogP contribution in [0.3, 0.4) is 0 Å². The first-order chi connectivity index (χ1) is 20.3. The van der Waals surface area contributed by atoms with Crippen LogP contribution >= 0.6 is 11.6 Å². The highest BCUT2D eigenvalue weighted by molar-refractivity contribution is 6.34. The molecule has 1 aliphatic rings. The van der Waals surface area contributed by atoms with E-state index >= 15 is 0 Å². The Morgan fingerprint density at radius 3 is 2.26 bits per heavy atom. The number of amides is 1. The number of carbonyl (C=O) groups is 1. The van der Waals surface area contributed by atoms with Gasteiger partial charge in [0.15, 0.2) is 11.1 Å². The van der Waals surface area contributed by atoms with Gasteiger partial charge in [-0.05, 0) is 25.0 Å². The molecule has 42 heavy (non-hydrogen) atoms. The van der Waals surface area contributed by atoms with E-state index in [1.165, 1.54) is 0 Å². The van der Waals surface area contributed by atoms with Crippen molar-refractivity contribution in [3.8, 4) is 0 Å². The standard InChI is InChI=1S/C30H33ClN10O/c1-30(2,31)29(42)39-15-13-38(14-16-39)25(21-9-5-3-6-10-21)26(22-11-7-4-8-12-22)41-18-23(36-37-41)17-40-20-35-27(32)24-28(40)34-19-33-24/h3-12,18-20,25-26,32H,13-17H2,1-2H3,(H,33,34)/t25-,26+/m0/s1. The Bertz CT molecular complexity index is 1720. The lowest BCUT2D eigenvalue weighted by Crippen LogP contribution is -2.54. The molecule has 1 amide bonds. The summed E-state index contributed by atoms with van der Waals surface area (Å²) in [5, 5.41) is 17.2. The van der Waals surface area contributed by atoms with E-state index < -0.39 is 4.87 Å². The fourth-order valence-corrected chi connectivity index (χ4v) is 5.81. The SMILES string of the molecule is CC(C)(Cl)C(=O)N1CCN([C@@H](c2ccccc2)[C@@H](c2ccccc2)n2cc(Cn3cnc(=N)c4[nH]cnc43)nn2)CC1. The molecule has 0 unspecified atom stereocenters. The zero-order chi connectivity index (χ0) is 29.3. The summed E-state index contributed by atoms with van der Waals surface area (Å²) in [4.78, 5) is 27.8. The van der Waals surface area contributed by atoms with Crippen molar-refractivity contribution in [3.05, 3.63) is 102 Å². The molecule has 2 aromatic carbocycles. The molecule has 0 saturated carbocycles. The summed E-state index contributed by atoms with van der Waals surface area (Å²) < 4.78 is 3.80. The number of rotatable bonds is 8. The molecule has 5 aromatic rings. The van der Waals surface area contributed by atoms with Crippen molar-refractivity contribution in [2.24, 2.45) is 0 Å². The summed E-state index contributed by atoms with van der Waals surface area (Å²) in [7, 11) is 0. The molecule has 1 aliphatic heterocycles. The number of hydrogen-bond donors (Lipinski definition) is 2. The molecular formula is C30H33ClN10O. The van der Waals surface area contributed by atoms with Crippen LogP contribution in [0.15, 0.2) is 79.5 Å². The Labute approximate surface area is 248 Å². The number of carbonyl (C=O) groups excluding carboxylic acids is 1. The number of fused-ring (bicyclic) bond motifs is 1. The molecule has 4 heterocycles. The zero-order valence-corrected chi connectivity index (χ0v) is 24.3. The first-order valence-corrected chi connectivity index (χ1v) is 14.3. The maximum atomic E-state index is 12.9. The second kappa shape index (κ2) is 11.5. The minimum Gasteiger partial charge on any atom is -0.340 e. The molecule has 0 aliphatic carbocycles. The monoisotopic (exact) mass is 584 g/mol. The lowest BCUT2D eigenvalue weighted by molar-refractivity contribution is -0.135. The summed E-state index contributed by atoms with van der Waals surface area (Å²) in [6, 6.07) is 20.5. The van der Waals surface area contributed by atoms with Crippen LogP contribution < -0.4 is 5.49 Å². The van der Waals surface area contributed by atoms with E-state index in [1.54, 1.807) is 26.5 Å². The van der Waals surface area contributed by atoms with Gasteiger partial charge in [0.1, 0.15) is 16.1 Å². The number of imidazole rings is 1. The van der Waals surface area contributed by atoms with Gasteiger partial charge in [-0.2, -0.15) is 0 Å². The van der Waals surface area contributed by atoms with Crippen LogP contribution in [-0.2, 0) is 11.3 Å². The molecule has 6 rings (SSSR count). The number of aromatic amines is 1. The minimum absolute atomic E-state index is 0.0444. The van der Waals surface area contributed by atoms with Crippen LogP contribution in [0.2, 0.25) is 0 Å². The van der Waals surface area contributed by atoms with Crippen LogP contribution in [0.4, 0.5) is 0 Å². The molecule has 3 aromatic heterocycles. The highest BCUT2D eigenvalue weighted by Gasteiger charge is 2.37. The number of piperazine rings is 1. The number of hydrogen-bond acceptors (Lipinski definition) is 7. The average molecular weight is 585 g/mol. The van der Waals surface area contributed by atoms with Gasteiger partial charge >= 0.3 is 0 Å². The maximum Gasteiger partial charge on any atom is 0.243 e. The second-order valence-electron chi connectivity index (χ2n) is 11.0. The lowest BCUT2D eigenvalue weighted by Gasteiger charge is -2.43. The van der Waals surface area contributed by atoms with E-state index in [2.05, 4.69) is 66.6 Å². The van der Waals surface area contributed by atoms with Crippen molar-refractivity contribution in [2.75, 3.05) is 26.2 Å². The normalized spacial score (nSPS) is 16.0. The highest BCUT2D eigenvalue weighted by Crippen LogP contribution is 2.37. The van der Waals surface area contributed by atoms with Crippen LogP contribution in [0.1, 0.15) is 42.8 Å². The first-order valence-electron chi connectivity index (χ1n) is 14.0. The van der Waals surface area contributed by atoms with Crippen LogP contribution in [0, 0.1) is 5.41 Å². The fourth-order valence-electron chi connectivity index (χ4n) is 5.69. The van der Waals surface area contributed by atoms with Gasteiger partial charge < -0.3 is 14.5 Å². The number of nitrogens with zero attached hydrogens (tertiary/aromatic N) is 8. The Hall–Kier alpha value is -4.35. The Kier molecular flexibility index (Phi) is 7.61. The predicted molar refractivity (Wildman–Crippen MR) is 159 cm³/mol. The number of alkyl halides is 1. The van der Waals surface area contributed by atoms with Crippen LogP contribution in [0.5, 0.6) is 0 Å². The number of nitrogens with one attached hydrogen (secondary N) is 2. The van der Waals surface area contributed by atoms with Crippen LogP contribution in [-0.4, -0.2) is 81.3 Å². The number of halogens is 1. The van der Waals surface area contributed by atoms with Crippen molar-refractivity contribution in [1.29, 1.82) is 5.41 Å². The van der Waals surface area contributed by atoms with Gasteiger partial charge in [0.25, 0.3) is 0 Å². The lowest BCUT2D eigenvalue weighted by atomic mass is 9.91. The van der Waals surface area contributed by atoms with Crippen molar-refractivity contribution < 1.29 is 4.79 Å².